The van der Waals surface area contributed by atoms with Crippen molar-refractivity contribution in [2.45, 2.75) is 0 Å². The smallest absolute Gasteiger partial charge is 0.267 e. The lowest BCUT2D eigenvalue weighted by molar-refractivity contribution is -0.124. The molecule has 0 bridgehead atoms. The van der Waals surface area contributed by atoms with Crippen molar-refractivity contribution < 1.29 is 30.1 Å². The van der Waals surface area contributed by atoms with Crippen molar-refractivity contribution in [3.05, 3.63) is 59.2 Å². The summed E-state index contributed by atoms with van der Waals surface area (Å²) >= 11 is 0. The Balaban J connectivity index is 2.01. The molecule has 2 aromatic carbocycles. The first kappa shape index (κ1) is 18.7. The fourth-order valence-electron chi connectivity index (χ4n) is 2.00. The highest BCUT2D eigenvalue weighted by atomic mass is 16.5. The van der Waals surface area contributed by atoms with Crippen LogP contribution in [0.4, 0.5) is 0 Å². The monoisotopic (exact) mass is 356 g/mol. The summed E-state index contributed by atoms with van der Waals surface area (Å²) in [6.45, 7) is -0.177. The zero-order valence-corrected chi connectivity index (χ0v) is 13.5. The van der Waals surface area contributed by atoms with E-state index >= 15 is 0 Å². The minimum absolute atomic E-state index is 0.163. The van der Waals surface area contributed by atoms with Crippen LogP contribution in [0.5, 0.6) is 17.2 Å². The minimum Gasteiger partial charge on any atom is -0.504 e. The summed E-state index contributed by atoms with van der Waals surface area (Å²) in [5.74, 6) is -2.57. The van der Waals surface area contributed by atoms with Crippen LogP contribution in [0, 0.1) is 0 Å². The molecular formula is C18H16N2O6. The molecule has 2 aromatic rings. The Kier molecular flexibility index (Phi) is 6.07. The van der Waals surface area contributed by atoms with E-state index in [1.807, 2.05) is 0 Å². The molecule has 0 spiro atoms. The number of aliphatic imine (C=N–C) groups is 1. The van der Waals surface area contributed by atoms with E-state index in [-0.39, 0.29) is 17.9 Å². The molecule has 0 aliphatic heterocycles. The number of carbonyl (C=O) groups is 2. The number of benzene rings is 2. The molecule has 134 valence electrons. The average Bonchev–Trinajstić information content (AvgIpc) is 2.66. The van der Waals surface area contributed by atoms with Gasteiger partial charge in [-0.05, 0) is 23.8 Å². The molecule has 0 heterocycles. The zero-order chi connectivity index (χ0) is 19.1. The maximum atomic E-state index is 12.1. The molecule has 0 saturated carbocycles. The summed E-state index contributed by atoms with van der Waals surface area (Å²) in [5, 5.41) is 36.7. The molecule has 2 rings (SSSR count). The van der Waals surface area contributed by atoms with Crippen molar-refractivity contribution in [1.82, 2.24) is 5.48 Å². The van der Waals surface area contributed by atoms with Gasteiger partial charge in [-0.25, -0.2) is 5.48 Å². The average molecular weight is 356 g/mol. The number of phenolic OH excluding ortho intramolecular Hbond substituents is 3. The second-order valence-corrected chi connectivity index (χ2v) is 5.20. The predicted molar refractivity (Wildman–Crippen MR) is 93.6 cm³/mol. The van der Waals surface area contributed by atoms with E-state index in [2.05, 4.69) is 4.99 Å². The molecule has 8 nitrogen and oxygen atoms in total. The number of amides is 1. The number of ketones is 1. The van der Waals surface area contributed by atoms with Crippen LogP contribution >= 0.6 is 0 Å². The van der Waals surface area contributed by atoms with Gasteiger partial charge in [-0.15, -0.1) is 0 Å². The van der Waals surface area contributed by atoms with Crippen LogP contribution in [-0.4, -0.2) is 45.0 Å². The van der Waals surface area contributed by atoms with Gasteiger partial charge in [0.1, 0.15) is 6.54 Å². The molecule has 5 N–H and O–H groups in total. The molecule has 0 aliphatic rings. The number of nitrogens with zero attached hydrogens (tertiary/aromatic N) is 1. The molecule has 0 fully saturated rings. The lowest BCUT2D eigenvalue weighted by atomic mass is 10.1. The summed E-state index contributed by atoms with van der Waals surface area (Å²) in [4.78, 5) is 26.9. The van der Waals surface area contributed by atoms with Gasteiger partial charge in [-0.3, -0.25) is 19.8 Å². The Hall–Kier alpha value is -3.65. The molecule has 0 aromatic heterocycles. The topological polar surface area (TPSA) is 139 Å². The molecule has 1 amide bonds. The highest BCUT2D eigenvalue weighted by Gasteiger charge is 2.09. The highest BCUT2D eigenvalue weighted by Crippen LogP contribution is 2.36. The van der Waals surface area contributed by atoms with E-state index in [4.69, 9.17) is 5.21 Å². The summed E-state index contributed by atoms with van der Waals surface area (Å²) < 4.78 is 0. The molecule has 0 unspecified atom stereocenters. The van der Waals surface area contributed by atoms with Crippen LogP contribution in [0.1, 0.15) is 21.5 Å². The van der Waals surface area contributed by atoms with Gasteiger partial charge in [0, 0.05) is 23.4 Å². The molecule has 26 heavy (non-hydrogen) atoms. The van der Waals surface area contributed by atoms with Crippen molar-refractivity contribution in [3.63, 3.8) is 0 Å². The number of hydroxylamine groups is 1. The van der Waals surface area contributed by atoms with Crippen LogP contribution in [0.15, 0.2) is 47.5 Å². The minimum atomic E-state index is -0.664. The van der Waals surface area contributed by atoms with Crippen molar-refractivity contribution in [3.8, 4) is 17.2 Å². The van der Waals surface area contributed by atoms with Gasteiger partial charge in [0.15, 0.2) is 17.3 Å². The fraction of sp³-hybridized carbons (Fsp3) is 0.0556. The molecular weight excluding hydrogens is 340 g/mol. The fourth-order valence-corrected chi connectivity index (χ4v) is 2.00. The van der Waals surface area contributed by atoms with Crippen LogP contribution in [-0.2, 0) is 4.79 Å². The Morgan fingerprint density at radius 2 is 1.69 bits per heavy atom. The summed E-state index contributed by atoms with van der Waals surface area (Å²) in [5.41, 5.74) is 2.70. The number of carbonyl (C=O) groups excluding carboxylic acids is 2. The summed E-state index contributed by atoms with van der Waals surface area (Å²) in [6, 6.07) is 8.93. The van der Waals surface area contributed by atoms with Gasteiger partial charge in [0.2, 0.25) is 5.75 Å². The largest absolute Gasteiger partial charge is 0.504 e. The molecule has 0 aliphatic carbocycles. The van der Waals surface area contributed by atoms with Crippen molar-refractivity contribution in [1.29, 1.82) is 0 Å². The number of hydrogen-bond donors (Lipinski definition) is 5. The van der Waals surface area contributed by atoms with E-state index < -0.39 is 23.2 Å². The number of nitrogens with one attached hydrogen (secondary N) is 1. The predicted octanol–water partition coefficient (Wildman–Crippen LogP) is 1.62. The second-order valence-electron chi connectivity index (χ2n) is 5.20. The first-order valence-corrected chi connectivity index (χ1v) is 7.41. The normalized spacial score (nSPS) is 11.1. The first-order valence-electron chi connectivity index (χ1n) is 7.41. The third kappa shape index (κ3) is 4.68. The number of Topliss-reactive ketones (excluding diaryl/α,β-unsaturated/α-hetero) is 1. The zero-order valence-electron chi connectivity index (χ0n) is 13.5. The number of phenols is 3. The van der Waals surface area contributed by atoms with E-state index in [0.717, 1.165) is 6.08 Å². The Morgan fingerprint density at radius 3 is 2.35 bits per heavy atom. The highest BCUT2D eigenvalue weighted by molar-refractivity contribution is 5.99. The number of rotatable bonds is 6. The Labute approximate surface area is 148 Å². The second kappa shape index (κ2) is 8.45. The number of hydrogen-bond acceptors (Lipinski definition) is 7. The van der Waals surface area contributed by atoms with E-state index in [1.54, 1.807) is 24.3 Å². The third-order valence-corrected chi connectivity index (χ3v) is 3.40. The Bertz CT molecular complexity index is 872. The first-order chi connectivity index (χ1) is 12.4. The van der Waals surface area contributed by atoms with Gasteiger partial charge >= 0.3 is 0 Å². The van der Waals surface area contributed by atoms with Crippen LogP contribution < -0.4 is 5.48 Å². The van der Waals surface area contributed by atoms with Gasteiger partial charge in [-0.2, -0.15) is 0 Å². The van der Waals surface area contributed by atoms with Crippen molar-refractivity contribution >= 4 is 24.0 Å². The standard InChI is InChI=1S/C18H16N2O6/c21-14-7-6-13(17(24)18(14)25)9-19-10-15(22)12-4-1-11(2-5-12)3-8-16(23)20-26/h1-9,21,24-26H,10H2,(H,20,23)/b8-3+,19-9?. The van der Waals surface area contributed by atoms with Gasteiger partial charge < -0.3 is 15.3 Å². The maximum absolute atomic E-state index is 12.1. The van der Waals surface area contributed by atoms with E-state index in [9.17, 15) is 24.9 Å². The molecule has 0 atom stereocenters. The summed E-state index contributed by atoms with van der Waals surface area (Å²) in [7, 11) is 0. The molecule has 0 saturated heterocycles. The SMILES string of the molecule is O=C(/C=C/c1ccc(C(=O)CN=Cc2ccc(O)c(O)c2O)cc1)NO. The molecule has 8 heteroatoms. The van der Waals surface area contributed by atoms with Crippen molar-refractivity contribution in [2.75, 3.05) is 6.54 Å². The molecule has 0 radical (unpaired) electrons. The van der Waals surface area contributed by atoms with E-state index in [1.165, 1.54) is 29.9 Å². The van der Waals surface area contributed by atoms with E-state index in [0.29, 0.717) is 11.1 Å². The van der Waals surface area contributed by atoms with Crippen LogP contribution in [0.3, 0.4) is 0 Å². The van der Waals surface area contributed by atoms with Gasteiger partial charge in [0.05, 0.1) is 0 Å². The lowest BCUT2D eigenvalue weighted by Gasteiger charge is -2.03. The van der Waals surface area contributed by atoms with Crippen LogP contribution in [0.2, 0.25) is 0 Å². The van der Waals surface area contributed by atoms with Crippen molar-refractivity contribution in [2.24, 2.45) is 4.99 Å². The number of aromatic hydroxyl groups is 3. The summed E-state index contributed by atoms with van der Waals surface area (Å²) in [6.07, 6.45) is 3.83. The van der Waals surface area contributed by atoms with Crippen LogP contribution in [0.25, 0.3) is 6.08 Å². The Morgan fingerprint density at radius 1 is 1.00 bits per heavy atom. The quantitative estimate of drug-likeness (QED) is 0.133. The van der Waals surface area contributed by atoms with Gasteiger partial charge in [-0.1, -0.05) is 24.3 Å². The lowest BCUT2D eigenvalue weighted by Crippen LogP contribution is -2.14. The van der Waals surface area contributed by atoms with Gasteiger partial charge in [0.25, 0.3) is 5.91 Å². The maximum Gasteiger partial charge on any atom is 0.267 e. The third-order valence-electron chi connectivity index (χ3n) is 3.40.